The molecular formula is C23H30IN3O3S. The predicted molar refractivity (Wildman–Crippen MR) is 133 cm³/mol. The summed E-state index contributed by atoms with van der Waals surface area (Å²) in [5, 5.41) is 2.89. The largest absolute Gasteiger partial charge is 0.354 e. The van der Waals surface area contributed by atoms with E-state index < -0.39 is 10.0 Å². The highest BCUT2D eigenvalue weighted by Gasteiger charge is 2.27. The minimum atomic E-state index is -3.85. The predicted octanol–water partition coefficient (Wildman–Crippen LogP) is 3.72. The van der Waals surface area contributed by atoms with E-state index in [4.69, 9.17) is 0 Å². The van der Waals surface area contributed by atoms with Crippen molar-refractivity contribution in [3.8, 4) is 0 Å². The summed E-state index contributed by atoms with van der Waals surface area (Å²) in [5.74, 6) is 0.500. The van der Waals surface area contributed by atoms with Crippen LogP contribution in [0.25, 0.3) is 0 Å². The molecule has 168 valence electrons. The maximum absolute atomic E-state index is 13.3. The van der Waals surface area contributed by atoms with Crippen LogP contribution in [0.5, 0.6) is 0 Å². The first-order valence-electron chi connectivity index (χ1n) is 10.7. The van der Waals surface area contributed by atoms with Crippen molar-refractivity contribution in [2.24, 2.45) is 5.92 Å². The van der Waals surface area contributed by atoms with Gasteiger partial charge in [-0.2, -0.15) is 0 Å². The maximum Gasteiger partial charge on any atom is 0.264 e. The molecule has 1 fully saturated rings. The first kappa shape index (κ1) is 24.0. The van der Waals surface area contributed by atoms with E-state index in [1.54, 1.807) is 42.5 Å². The molecule has 0 aliphatic carbocycles. The van der Waals surface area contributed by atoms with Crippen LogP contribution >= 0.6 is 22.6 Å². The van der Waals surface area contributed by atoms with Gasteiger partial charge in [-0.1, -0.05) is 25.1 Å². The molecule has 0 spiro atoms. The first-order valence-corrected chi connectivity index (χ1v) is 13.2. The van der Waals surface area contributed by atoms with Gasteiger partial charge in [0.2, 0.25) is 5.91 Å². The Morgan fingerprint density at radius 1 is 1.10 bits per heavy atom. The summed E-state index contributed by atoms with van der Waals surface area (Å²) in [6.45, 7) is 5.77. The van der Waals surface area contributed by atoms with Gasteiger partial charge in [0.15, 0.2) is 0 Å². The molecule has 0 atom stereocenters. The SMILES string of the molecule is CC1CCN(CCCNC(=O)CN(c2ccc(I)cc2)S(=O)(=O)c2ccccc2)CC1. The number of rotatable bonds is 9. The normalized spacial score (nSPS) is 15.5. The number of piperidine rings is 1. The van der Waals surface area contributed by atoms with Gasteiger partial charge in [-0.25, -0.2) is 8.42 Å². The fourth-order valence-corrected chi connectivity index (χ4v) is 5.45. The second kappa shape index (κ2) is 11.3. The second-order valence-electron chi connectivity index (χ2n) is 8.03. The number of likely N-dealkylation sites (tertiary alicyclic amines) is 1. The zero-order chi connectivity index (χ0) is 22.3. The first-order chi connectivity index (χ1) is 14.9. The topological polar surface area (TPSA) is 69.7 Å². The molecule has 1 aliphatic rings. The highest BCUT2D eigenvalue weighted by Crippen LogP contribution is 2.24. The van der Waals surface area contributed by atoms with Crippen LogP contribution in [0, 0.1) is 9.49 Å². The summed E-state index contributed by atoms with van der Waals surface area (Å²) in [5.41, 5.74) is 0.474. The maximum atomic E-state index is 13.3. The Morgan fingerprint density at radius 2 is 1.74 bits per heavy atom. The summed E-state index contributed by atoms with van der Waals surface area (Å²) in [4.78, 5) is 15.2. The molecule has 1 saturated heterocycles. The molecule has 2 aromatic rings. The molecule has 1 aliphatic heterocycles. The third-order valence-electron chi connectivity index (χ3n) is 5.58. The van der Waals surface area contributed by atoms with Gasteiger partial charge in [-0.15, -0.1) is 0 Å². The van der Waals surface area contributed by atoms with Crippen molar-refractivity contribution < 1.29 is 13.2 Å². The van der Waals surface area contributed by atoms with E-state index in [1.807, 2.05) is 12.1 Å². The average Bonchev–Trinajstić information content (AvgIpc) is 2.77. The number of sulfonamides is 1. The number of hydrogen-bond donors (Lipinski definition) is 1. The smallest absolute Gasteiger partial charge is 0.264 e. The number of benzene rings is 2. The van der Waals surface area contributed by atoms with E-state index in [1.165, 1.54) is 17.1 Å². The minimum absolute atomic E-state index is 0.167. The van der Waals surface area contributed by atoms with Crippen LogP contribution in [0.1, 0.15) is 26.2 Å². The summed E-state index contributed by atoms with van der Waals surface area (Å²) < 4.78 is 28.7. The number of anilines is 1. The van der Waals surface area contributed by atoms with E-state index in [0.29, 0.717) is 12.2 Å². The van der Waals surface area contributed by atoms with E-state index in [9.17, 15) is 13.2 Å². The van der Waals surface area contributed by atoms with Crippen LogP contribution in [0.3, 0.4) is 0 Å². The van der Waals surface area contributed by atoms with Gasteiger partial charge in [0.1, 0.15) is 6.54 Å². The highest BCUT2D eigenvalue weighted by atomic mass is 127. The molecule has 1 N–H and O–H groups in total. The summed E-state index contributed by atoms with van der Waals surface area (Å²) in [6.07, 6.45) is 3.32. The molecular weight excluding hydrogens is 525 g/mol. The molecule has 0 aromatic heterocycles. The van der Waals surface area contributed by atoms with Gasteiger partial charge in [0.25, 0.3) is 10.0 Å². The van der Waals surface area contributed by atoms with Gasteiger partial charge in [0.05, 0.1) is 10.6 Å². The number of nitrogens with zero attached hydrogens (tertiary/aromatic N) is 2. The van der Waals surface area contributed by atoms with E-state index in [0.717, 1.165) is 35.5 Å². The fraction of sp³-hybridized carbons (Fsp3) is 0.435. The Labute approximate surface area is 199 Å². The second-order valence-corrected chi connectivity index (χ2v) is 11.1. The lowest BCUT2D eigenvalue weighted by Gasteiger charge is -2.30. The van der Waals surface area contributed by atoms with Crippen LogP contribution < -0.4 is 9.62 Å². The van der Waals surface area contributed by atoms with Gasteiger partial charge in [0, 0.05) is 10.1 Å². The number of halogens is 1. The molecule has 0 saturated carbocycles. The van der Waals surface area contributed by atoms with Crippen LogP contribution in [0.2, 0.25) is 0 Å². The van der Waals surface area contributed by atoms with Crippen LogP contribution in [-0.2, 0) is 14.8 Å². The monoisotopic (exact) mass is 555 g/mol. The zero-order valence-electron chi connectivity index (χ0n) is 17.8. The Hall–Kier alpha value is -1.65. The number of amides is 1. The number of carbonyl (C=O) groups excluding carboxylic acids is 1. The molecule has 31 heavy (non-hydrogen) atoms. The van der Waals surface area contributed by atoms with Crippen molar-refractivity contribution in [1.29, 1.82) is 0 Å². The van der Waals surface area contributed by atoms with Crippen molar-refractivity contribution in [3.05, 3.63) is 58.2 Å². The lowest BCUT2D eigenvalue weighted by molar-refractivity contribution is -0.119. The standard InChI is InChI=1S/C23H30IN3O3S/c1-19-12-16-26(17-13-19)15-5-14-25-23(28)18-27(21-10-8-20(24)9-11-21)31(29,30)22-6-3-2-4-7-22/h2-4,6-11,19H,5,12-18H2,1H3,(H,25,28). The van der Waals surface area contributed by atoms with Crippen LogP contribution in [0.15, 0.2) is 59.5 Å². The quantitative estimate of drug-likeness (QED) is 0.379. The Balaban J connectivity index is 1.62. The van der Waals surface area contributed by atoms with Crippen LogP contribution in [0.4, 0.5) is 5.69 Å². The van der Waals surface area contributed by atoms with E-state index in [-0.39, 0.29) is 17.3 Å². The van der Waals surface area contributed by atoms with Crippen molar-refractivity contribution >= 4 is 44.2 Å². The Bertz CT molecular complexity index is 944. The molecule has 0 unspecified atom stereocenters. The average molecular weight is 555 g/mol. The Kier molecular flexibility index (Phi) is 8.74. The zero-order valence-corrected chi connectivity index (χ0v) is 20.8. The van der Waals surface area contributed by atoms with E-state index in [2.05, 4.69) is 39.7 Å². The molecule has 8 heteroatoms. The van der Waals surface area contributed by atoms with Crippen molar-refractivity contribution in [2.45, 2.75) is 31.1 Å². The lowest BCUT2D eigenvalue weighted by atomic mass is 9.99. The van der Waals surface area contributed by atoms with Gasteiger partial charge < -0.3 is 10.2 Å². The number of nitrogens with one attached hydrogen (secondary N) is 1. The molecule has 3 rings (SSSR count). The summed E-state index contributed by atoms with van der Waals surface area (Å²) in [6, 6.07) is 15.4. The molecule has 2 aromatic carbocycles. The van der Waals surface area contributed by atoms with Gasteiger partial charge in [-0.05, 0) is 104 Å². The van der Waals surface area contributed by atoms with Crippen molar-refractivity contribution in [1.82, 2.24) is 10.2 Å². The van der Waals surface area contributed by atoms with E-state index >= 15 is 0 Å². The molecule has 1 amide bonds. The third kappa shape index (κ3) is 6.92. The van der Waals surface area contributed by atoms with Gasteiger partial charge in [-0.3, -0.25) is 9.10 Å². The van der Waals surface area contributed by atoms with Crippen molar-refractivity contribution in [3.63, 3.8) is 0 Å². The minimum Gasteiger partial charge on any atom is -0.354 e. The number of hydrogen-bond acceptors (Lipinski definition) is 4. The molecule has 0 radical (unpaired) electrons. The molecule has 6 nitrogen and oxygen atoms in total. The van der Waals surface area contributed by atoms with Gasteiger partial charge >= 0.3 is 0 Å². The summed E-state index contributed by atoms with van der Waals surface area (Å²) in [7, 11) is -3.85. The highest BCUT2D eigenvalue weighted by molar-refractivity contribution is 14.1. The third-order valence-corrected chi connectivity index (χ3v) is 8.09. The molecule has 0 bridgehead atoms. The van der Waals surface area contributed by atoms with Crippen LogP contribution in [-0.4, -0.2) is 51.9 Å². The van der Waals surface area contributed by atoms with Crippen molar-refractivity contribution in [2.75, 3.05) is 37.0 Å². The molecule has 1 heterocycles. The number of carbonyl (C=O) groups is 1. The fourth-order valence-electron chi connectivity index (χ4n) is 3.64. The summed E-state index contributed by atoms with van der Waals surface area (Å²) >= 11 is 2.17. The Morgan fingerprint density at radius 3 is 2.39 bits per heavy atom. The lowest BCUT2D eigenvalue weighted by Crippen LogP contribution is -2.41.